The molecule has 1 aromatic rings. The van der Waals surface area contributed by atoms with Crippen LogP contribution < -0.4 is 15.4 Å². The van der Waals surface area contributed by atoms with Gasteiger partial charge in [-0.15, -0.1) is 11.6 Å². The molecule has 0 heterocycles. The third-order valence-electron chi connectivity index (χ3n) is 1.95. The van der Waals surface area contributed by atoms with Gasteiger partial charge in [0.1, 0.15) is 5.75 Å². The van der Waals surface area contributed by atoms with Crippen LogP contribution in [-0.4, -0.2) is 24.4 Å². The Morgan fingerprint density at radius 1 is 1.39 bits per heavy atom. The lowest BCUT2D eigenvalue weighted by Gasteiger charge is -2.08. The molecule has 0 radical (unpaired) electrons. The van der Waals surface area contributed by atoms with Gasteiger partial charge in [0.25, 0.3) is 0 Å². The monoisotopic (exact) mass is 270 g/mol. The Kier molecular flexibility index (Phi) is 6.00. The van der Waals surface area contributed by atoms with Crippen molar-refractivity contribution in [2.75, 3.05) is 17.7 Å². The maximum absolute atomic E-state index is 11.4. The van der Waals surface area contributed by atoms with Crippen LogP contribution in [0.3, 0.4) is 0 Å². The summed E-state index contributed by atoms with van der Waals surface area (Å²) in [5.41, 5.74) is 0.553. The number of esters is 1. The molecule has 2 N–H and O–H groups in total. The number of urea groups is 1. The average molecular weight is 271 g/mol. The summed E-state index contributed by atoms with van der Waals surface area (Å²) in [7, 11) is 0. The van der Waals surface area contributed by atoms with Crippen molar-refractivity contribution in [2.45, 2.75) is 13.3 Å². The minimum atomic E-state index is -0.404. The molecule has 0 aliphatic rings. The Bertz CT molecular complexity index is 424. The molecule has 0 spiro atoms. The quantitative estimate of drug-likeness (QED) is 0.374. The number of halogens is 1. The fourth-order valence-corrected chi connectivity index (χ4v) is 1.38. The van der Waals surface area contributed by atoms with Crippen molar-refractivity contribution < 1.29 is 14.3 Å². The van der Waals surface area contributed by atoms with Gasteiger partial charge < -0.3 is 15.4 Å². The first-order valence-electron chi connectivity index (χ1n) is 5.51. The highest BCUT2D eigenvalue weighted by Gasteiger charge is 2.03. The van der Waals surface area contributed by atoms with Gasteiger partial charge in [-0.1, -0.05) is 6.07 Å². The molecule has 98 valence electrons. The molecule has 2 amide bonds. The van der Waals surface area contributed by atoms with E-state index in [0.717, 1.165) is 0 Å². The maximum Gasteiger partial charge on any atom is 0.319 e. The Morgan fingerprint density at radius 3 is 2.83 bits per heavy atom. The zero-order chi connectivity index (χ0) is 13.4. The van der Waals surface area contributed by atoms with Crippen LogP contribution in [0.1, 0.15) is 13.3 Å². The Hall–Kier alpha value is -1.75. The lowest BCUT2D eigenvalue weighted by molar-refractivity contribution is -0.131. The molecule has 6 heteroatoms. The second-order valence-corrected chi connectivity index (χ2v) is 3.92. The largest absolute Gasteiger partial charge is 0.427 e. The van der Waals surface area contributed by atoms with Crippen molar-refractivity contribution in [2.24, 2.45) is 0 Å². The topological polar surface area (TPSA) is 67.4 Å². The van der Waals surface area contributed by atoms with Crippen LogP contribution in [0.4, 0.5) is 10.5 Å². The molecule has 0 saturated carbocycles. The lowest BCUT2D eigenvalue weighted by atomic mass is 10.3. The van der Waals surface area contributed by atoms with Crippen LogP contribution in [0.15, 0.2) is 24.3 Å². The van der Waals surface area contributed by atoms with Gasteiger partial charge in [-0.25, -0.2) is 4.79 Å². The Labute approximate surface area is 110 Å². The molecule has 1 rings (SSSR count). The molecule has 0 aromatic heterocycles. The molecule has 1 aromatic carbocycles. The summed E-state index contributed by atoms with van der Waals surface area (Å²) >= 11 is 5.49. The number of alkyl halides is 1. The van der Waals surface area contributed by atoms with Crippen LogP contribution in [0.25, 0.3) is 0 Å². The summed E-state index contributed by atoms with van der Waals surface area (Å²) in [5, 5.41) is 5.28. The minimum Gasteiger partial charge on any atom is -0.427 e. The van der Waals surface area contributed by atoms with Gasteiger partial charge in [0, 0.05) is 31.1 Å². The highest BCUT2D eigenvalue weighted by atomic mass is 35.5. The van der Waals surface area contributed by atoms with Crippen molar-refractivity contribution >= 4 is 29.3 Å². The molecule has 18 heavy (non-hydrogen) atoms. The van der Waals surface area contributed by atoms with E-state index in [9.17, 15) is 9.59 Å². The van der Waals surface area contributed by atoms with E-state index >= 15 is 0 Å². The molecule has 0 aliphatic heterocycles. The molecular formula is C12H15ClN2O3. The third-order valence-corrected chi connectivity index (χ3v) is 2.22. The van der Waals surface area contributed by atoms with Crippen molar-refractivity contribution in [3.05, 3.63) is 24.3 Å². The lowest BCUT2D eigenvalue weighted by Crippen LogP contribution is -2.29. The number of carbonyl (C=O) groups excluding carboxylic acids is 2. The summed E-state index contributed by atoms with van der Waals surface area (Å²) in [6.45, 7) is 1.83. The zero-order valence-corrected chi connectivity index (χ0v) is 10.8. The van der Waals surface area contributed by atoms with Gasteiger partial charge in [-0.3, -0.25) is 4.79 Å². The SMILES string of the molecule is CC(=O)Oc1cccc(NC(=O)NCCCCl)c1. The van der Waals surface area contributed by atoms with Gasteiger partial charge in [0.15, 0.2) is 0 Å². The van der Waals surface area contributed by atoms with E-state index in [1.165, 1.54) is 6.92 Å². The number of ether oxygens (including phenoxy) is 1. The Balaban J connectivity index is 2.51. The molecule has 0 atom stereocenters. The molecular weight excluding hydrogens is 256 g/mol. The normalized spacial score (nSPS) is 9.67. The summed E-state index contributed by atoms with van der Waals surface area (Å²) in [6.07, 6.45) is 0.711. The third kappa shape index (κ3) is 5.54. The van der Waals surface area contributed by atoms with Gasteiger partial charge in [0.2, 0.25) is 0 Å². The number of amides is 2. The van der Waals surface area contributed by atoms with Gasteiger partial charge in [-0.2, -0.15) is 0 Å². The van der Waals surface area contributed by atoms with Gasteiger partial charge in [-0.05, 0) is 18.6 Å². The number of anilines is 1. The average Bonchev–Trinajstić information content (AvgIpc) is 2.28. The van der Waals surface area contributed by atoms with E-state index < -0.39 is 5.97 Å². The predicted octanol–water partition coefficient (Wildman–Crippen LogP) is 2.36. The number of hydrogen-bond acceptors (Lipinski definition) is 3. The first kappa shape index (κ1) is 14.3. The van der Waals surface area contributed by atoms with E-state index in [-0.39, 0.29) is 6.03 Å². The van der Waals surface area contributed by atoms with Crippen molar-refractivity contribution in [1.29, 1.82) is 0 Å². The van der Waals surface area contributed by atoms with Crippen molar-refractivity contribution in [3.63, 3.8) is 0 Å². The number of hydrogen-bond donors (Lipinski definition) is 2. The van der Waals surface area contributed by atoms with Crippen LogP contribution in [0.2, 0.25) is 0 Å². The van der Waals surface area contributed by atoms with Gasteiger partial charge in [0.05, 0.1) is 0 Å². The fourth-order valence-electron chi connectivity index (χ4n) is 1.25. The standard InChI is InChI=1S/C12H15ClN2O3/c1-9(16)18-11-5-2-4-10(8-11)15-12(17)14-7-3-6-13/h2,4-5,8H,3,6-7H2,1H3,(H2,14,15,17). The van der Waals surface area contributed by atoms with E-state index in [1.54, 1.807) is 24.3 Å². The minimum absolute atomic E-state index is 0.319. The molecule has 5 nitrogen and oxygen atoms in total. The summed E-state index contributed by atoms with van der Waals surface area (Å²) in [5.74, 6) is 0.488. The Morgan fingerprint density at radius 2 is 2.17 bits per heavy atom. The highest BCUT2D eigenvalue weighted by molar-refractivity contribution is 6.17. The smallest absolute Gasteiger partial charge is 0.319 e. The van der Waals surface area contributed by atoms with Crippen LogP contribution >= 0.6 is 11.6 Å². The maximum atomic E-state index is 11.4. The number of rotatable bonds is 5. The summed E-state index contributed by atoms with van der Waals surface area (Å²) in [6, 6.07) is 6.28. The number of nitrogens with one attached hydrogen (secondary N) is 2. The second-order valence-electron chi connectivity index (χ2n) is 3.54. The fraction of sp³-hybridized carbons (Fsp3) is 0.333. The number of benzene rings is 1. The van der Waals surface area contributed by atoms with Gasteiger partial charge >= 0.3 is 12.0 Å². The van der Waals surface area contributed by atoms with E-state index in [1.807, 2.05) is 0 Å². The van der Waals surface area contributed by atoms with Crippen LogP contribution in [0.5, 0.6) is 5.75 Å². The number of carbonyl (C=O) groups is 2. The predicted molar refractivity (Wildman–Crippen MR) is 70.1 cm³/mol. The summed E-state index contributed by atoms with van der Waals surface area (Å²) < 4.78 is 4.91. The first-order chi connectivity index (χ1) is 8.61. The first-order valence-corrected chi connectivity index (χ1v) is 6.04. The van der Waals surface area contributed by atoms with Crippen molar-refractivity contribution in [3.8, 4) is 5.75 Å². The van der Waals surface area contributed by atoms with E-state index in [2.05, 4.69) is 10.6 Å². The zero-order valence-electron chi connectivity index (χ0n) is 10.0. The molecule has 0 unspecified atom stereocenters. The molecule has 0 saturated heterocycles. The van der Waals surface area contributed by atoms with E-state index in [4.69, 9.17) is 16.3 Å². The second kappa shape index (κ2) is 7.55. The van der Waals surface area contributed by atoms with E-state index in [0.29, 0.717) is 30.3 Å². The molecule has 0 fully saturated rings. The molecule has 0 bridgehead atoms. The highest BCUT2D eigenvalue weighted by Crippen LogP contribution is 2.17. The van der Waals surface area contributed by atoms with Crippen LogP contribution in [0, 0.1) is 0 Å². The summed E-state index contributed by atoms with van der Waals surface area (Å²) in [4.78, 5) is 22.2. The molecule has 0 aliphatic carbocycles. The van der Waals surface area contributed by atoms with Crippen molar-refractivity contribution in [1.82, 2.24) is 5.32 Å². The van der Waals surface area contributed by atoms with Crippen LogP contribution in [-0.2, 0) is 4.79 Å².